The highest BCUT2D eigenvalue weighted by molar-refractivity contribution is 9.10. The molecule has 0 aliphatic heterocycles. The van der Waals surface area contributed by atoms with Gasteiger partial charge in [0.1, 0.15) is 5.60 Å². The first kappa shape index (κ1) is 11.5. The van der Waals surface area contributed by atoms with Crippen LogP contribution in [-0.4, -0.2) is 6.47 Å². The molecule has 0 heterocycles. The first-order chi connectivity index (χ1) is 6.47. The van der Waals surface area contributed by atoms with E-state index in [2.05, 4.69) is 15.9 Å². The van der Waals surface area contributed by atoms with Gasteiger partial charge in [-0.3, -0.25) is 4.79 Å². The molecule has 4 heteroatoms. The van der Waals surface area contributed by atoms with Crippen LogP contribution in [0.1, 0.15) is 19.4 Å². The number of ether oxygens (including phenoxy) is 1. The summed E-state index contributed by atoms with van der Waals surface area (Å²) in [6.45, 7) is 4.01. The second-order valence-corrected chi connectivity index (χ2v) is 4.67. The van der Waals surface area contributed by atoms with Crippen LogP contribution in [0.15, 0.2) is 22.7 Å². The van der Waals surface area contributed by atoms with Crippen LogP contribution >= 0.6 is 27.5 Å². The Morgan fingerprint density at radius 3 is 2.64 bits per heavy atom. The largest absolute Gasteiger partial charge is 0.457 e. The molecule has 0 spiro atoms. The molecule has 0 atom stereocenters. The number of hydrogen-bond acceptors (Lipinski definition) is 2. The Hall–Kier alpha value is -0.540. The third-order valence-electron chi connectivity index (χ3n) is 1.92. The SMILES string of the molecule is CC(C)(OC=O)c1ccc(Br)cc1Cl. The van der Waals surface area contributed by atoms with Gasteiger partial charge in [0.15, 0.2) is 0 Å². The average Bonchev–Trinajstić information content (AvgIpc) is 2.02. The first-order valence-electron chi connectivity index (χ1n) is 4.04. The molecule has 0 N–H and O–H groups in total. The van der Waals surface area contributed by atoms with Crippen molar-refractivity contribution in [1.29, 1.82) is 0 Å². The van der Waals surface area contributed by atoms with Crippen molar-refractivity contribution in [3.63, 3.8) is 0 Å². The minimum absolute atomic E-state index is 0.429. The van der Waals surface area contributed by atoms with E-state index in [1.54, 1.807) is 19.9 Å². The summed E-state index contributed by atoms with van der Waals surface area (Å²) in [7, 11) is 0. The van der Waals surface area contributed by atoms with E-state index in [4.69, 9.17) is 16.3 Å². The van der Waals surface area contributed by atoms with E-state index in [0.717, 1.165) is 10.0 Å². The smallest absolute Gasteiger partial charge is 0.293 e. The number of hydrogen-bond donors (Lipinski definition) is 0. The molecule has 0 fully saturated rings. The van der Waals surface area contributed by atoms with Gasteiger partial charge in [-0.05, 0) is 26.0 Å². The predicted molar refractivity (Wildman–Crippen MR) is 59.3 cm³/mol. The fourth-order valence-electron chi connectivity index (χ4n) is 1.16. The van der Waals surface area contributed by atoms with E-state index < -0.39 is 5.60 Å². The zero-order valence-corrected chi connectivity index (χ0v) is 10.2. The van der Waals surface area contributed by atoms with Crippen LogP contribution in [-0.2, 0) is 15.1 Å². The highest BCUT2D eigenvalue weighted by Crippen LogP contribution is 2.32. The monoisotopic (exact) mass is 276 g/mol. The van der Waals surface area contributed by atoms with Gasteiger partial charge in [0.05, 0.1) is 0 Å². The molecule has 0 aromatic heterocycles. The number of halogens is 2. The van der Waals surface area contributed by atoms with Crippen LogP contribution in [0.4, 0.5) is 0 Å². The molecule has 1 aromatic carbocycles. The normalized spacial score (nSPS) is 11.1. The summed E-state index contributed by atoms with van der Waals surface area (Å²) in [4.78, 5) is 10.3. The molecule has 0 radical (unpaired) electrons. The molecule has 2 nitrogen and oxygen atoms in total. The highest BCUT2D eigenvalue weighted by Gasteiger charge is 2.24. The second-order valence-electron chi connectivity index (χ2n) is 3.35. The minimum Gasteiger partial charge on any atom is -0.457 e. The van der Waals surface area contributed by atoms with Gasteiger partial charge in [-0.25, -0.2) is 0 Å². The number of carbonyl (C=O) groups excluding carboxylic acids is 1. The van der Waals surface area contributed by atoms with E-state index in [9.17, 15) is 4.79 Å². The molecule has 1 rings (SSSR count). The zero-order chi connectivity index (χ0) is 10.8. The predicted octanol–water partition coefficient (Wildman–Crippen LogP) is 3.51. The Morgan fingerprint density at radius 1 is 1.50 bits per heavy atom. The van der Waals surface area contributed by atoms with Gasteiger partial charge in [-0.1, -0.05) is 33.6 Å². The standard InChI is InChI=1S/C10H10BrClO2/c1-10(2,14-6-13)8-4-3-7(11)5-9(8)12/h3-6H,1-2H3. The van der Waals surface area contributed by atoms with Crippen molar-refractivity contribution >= 4 is 34.0 Å². The topological polar surface area (TPSA) is 26.3 Å². The molecule has 0 saturated carbocycles. The Morgan fingerprint density at radius 2 is 2.14 bits per heavy atom. The molecule has 14 heavy (non-hydrogen) atoms. The summed E-state index contributed by atoms with van der Waals surface area (Å²) < 4.78 is 5.85. The summed E-state index contributed by atoms with van der Waals surface area (Å²) in [5.41, 5.74) is 0.0916. The van der Waals surface area contributed by atoms with Crippen molar-refractivity contribution in [1.82, 2.24) is 0 Å². The van der Waals surface area contributed by atoms with Gasteiger partial charge in [0, 0.05) is 15.1 Å². The van der Waals surface area contributed by atoms with E-state index in [-0.39, 0.29) is 0 Å². The van der Waals surface area contributed by atoms with Gasteiger partial charge in [-0.2, -0.15) is 0 Å². The highest BCUT2D eigenvalue weighted by atomic mass is 79.9. The summed E-state index contributed by atoms with van der Waals surface area (Å²) in [5, 5.41) is 0.575. The molecule has 0 aliphatic rings. The van der Waals surface area contributed by atoms with Crippen molar-refractivity contribution in [2.45, 2.75) is 19.4 Å². The Kier molecular flexibility index (Phi) is 3.56. The molecule has 1 aromatic rings. The molecule has 76 valence electrons. The lowest BCUT2D eigenvalue weighted by atomic mass is 9.98. The Bertz CT molecular complexity index is 350. The van der Waals surface area contributed by atoms with Crippen LogP contribution in [0, 0.1) is 0 Å². The fourth-order valence-corrected chi connectivity index (χ4v) is 2.06. The van der Waals surface area contributed by atoms with Crippen molar-refractivity contribution in [2.24, 2.45) is 0 Å². The summed E-state index contributed by atoms with van der Waals surface area (Å²) in [6, 6.07) is 5.46. The quantitative estimate of drug-likeness (QED) is 0.790. The van der Waals surface area contributed by atoms with Crippen molar-refractivity contribution in [3.8, 4) is 0 Å². The van der Waals surface area contributed by atoms with E-state index >= 15 is 0 Å². The van der Waals surface area contributed by atoms with Gasteiger partial charge in [0.2, 0.25) is 0 Å². The van der Waals surface area contributed by atoms with Crippen LogP contribution in [0.3, 0.4) is 0 Å². The van der Waals surface area contributed by atoms with Gasteiger partial charge in [0.25, 0.3) is 6.47 Å². The molecule has 0 amide bonds. The molecule has 0 saturated heterocycles. The van der Waals surface area contributed by atoms with Crippen LogP contribution in [0.25, 0.3) is 0 Å². The maximum absolute atomic E-state index is 10.3. The van der Waals surface area contributed by atoms with Crippen LogP contribution in [0.2, 0.25) is 5.02 Å². The summed E-state index contributed by atoms with van der Waals surface area (Å²) >= 11 is 9.33. The van der Waals surface area contributed by atoms with Crippen LogP contribution in [0.5, 0.6) is 0 Å². The van der Waals surface area contributed by atoms with Crippen molar-refractivity contribution < 1.29 is 9.53 Å². The zero-order valence-electron chi connectivity index (χ0n) is 7.88. The van der Waals surface area contributed by atoms with Crippen molar-refractivity contribution in [2.75, 3.05) is 0 Å². The lowest BCUT2D eigenvalue weighted by Crippen LogP contribution is -2.21. The van der Waals surface area contributed by atoms with Gasteiger partial charge < -0.3 is 4.74 Å². The lowest BCUT2D eigenvalue weighted by Gasteiger charge is -2.24. The Labute approximate surface area is 96.3 Å². The van der Waals surface area contributed by atoms with Gasteiger partial charge in [-0.15, -0.1) is 0 Å². The second kappa shape index (κ2) is 4.32. The molecule has 0 bridgehead atoms. The lowest BCUT2D eigenvalue weighted by molar-refractivity contribution is -0.141. The number of rotatable bonds is 3. The number of carbonyl (C=O) groups is 1. The maximum atomic E-state index is 10.3. The average molecular weight is 278 g/mol. The van der Waals surface area contributed by atoms with E-state index in [1.165, 1.54) is 0 Å². The van der Waals surface area contributed by atoms with E-state index in [1.807, 2.05) is 12.1 Å². The Balaban J connectivity index is 3.12. The fraction of sp³-hybridized carbons (Fsp3) is 0.300. The molecule has 0 unspecified atom stereocenters. The van der Waals surface area contributed by atoms with E-state index in [0.29, 0.717) is 11.5 Å². The summed E-state index contributed by atoms with van der Waals surface area (Å²) in [6.07, 6.45) is 0. The molecular formula is C10H10BrClO2. The molecule has 0 aliphatic carbocycles. The molecular weight excluding hydrogens is 267 g/mol. The third-order valence-corrected chi connectivity index (χ3v) is 2.73. The summed E-state index contributed by atoms with van der Waals surface area (Å²) in [5.74, 6) is 0. The third kappa shape index (κ3) is 2.49. The maximum Gasteiger partial charge on any atom is 0.293 e. The van der Waals surface area contributed by atoms with Gasteiger partial charge >= 0.3 is 0 Å². The van der Waals surface area contributed by atoms with Crippen LogP contribution < -0.4 is 0 Å². The first-order valence-corrected chi connectivity index (χ1v) is 5.21. The van der Waals surface area contributed by atoms with Crippen molar-refractivity contribution in [3.05, 3.63) is 33.3 Å². The number of benzene rings is 1. The minimum atomic E-state index is -0.695.